The minimum Gasteiger partial charge on any atom is -0.497 e. The Morgan fingerprint density at radius 1 is 1.00 bits per heavy atom. The highest BCUT2D eigenvalue weighted by molar-refractivity contribution is 7.91. The van der Waals surface area contributed by atoms with E-state index in [1.165, 1.54) is 19.1 Å². The normalized spacial score (nSPS) is 26.9. The highest BCUT2D eigenvalue weighted by Crippen LogP contribution is 2.49. The van der Waals surface area contributed by atoms with Gasteiger partial charge in [-0.25, -0.2) is 13.2 Å². The van der Waals surface area contributed by atoms with E-state index in [1.807, 2.05) is 60.6 Å². The van der Waals surface area contributed by atoms with Gasteiger partial charge in [-0.05, 0) is 89.7 Å². The lowest BCUT2D eigenvalue weighted by atomic mass is 9.88. The monoisotopic (exact) mass is 909 g/mol. The second-order valence-corrected chi connectivity index (χ2v) is 19.1. The molecule has 0 spiro atoms. The predicted octanol–water partition coefficient (Wildman–Crippen LogP) is 7.98. The van der Waals surface area contributed by atoms with Crippen molar-refractivity contribution in [3.05, 3.63) is 30.4 Å². The standard InChI is InChI=1S/C40H56N6O10S.3C2H6.3H2/c1-9-39(16-17-39)57(51,52)45-35(49)40-21-25(40)13-11-10-12-23(2)18-24(3)31(42-37(50)56-38(4,5)6)34(48)46-22-27(20-30(46)32(47)44-40)55-33-28-15-14-26(53-7)19-29(28)41-36(43-33)54-8;3*1-2;;;/h11,13-15,19,23-25,27,30-31H,9-10,12,16-18,20-22H2,1-8H3,(H,42,50)(H,44,47)(H,45,49);3*1-2H3;3*1H/b13-11-;;;;;;/t23-,24-,25-,27-,30+,31+,40-;;;;;;/m1....../s1. The number of benzene rings is 1. The number of ether oxygens (including phenoxy) is 4. The Hall–Kier alpha value is -4.67. The SMILES string of the molecule is CC.CC.CC.CCC1(S(=O)(=O)NC(=O)[C@@]23C[C@H]2/C=C\CC[C@@H](C)C[C@@H](C)[C@H](NC(=O)OC(C)(C)C)C(=O)N2C[C@H](Oc4nc(OC)nc5cc(OC)ccc45)C[C@H]2C(=O)N3)CC1.[HH].[HH].[HH]. The van der Waals surface area contributed by atoms with Crippen molar-refractivity contribution in [2.24, 2.45) is 17.8 Å². The highest BCUT2D eigenvalue weighted by Gasteiger charge is 2.63. The van der Waals surface area contributed by atoms with E-state index < -0.39 is 73.8 Å². The summed E-state index contributed by atoms with van der Waals surface area (Å²) >= 11 is 0. The summed E-state index contributed by atoms with van der Waals surface area (Å²) in [6, 6.07) is 2.95. The summed E-state index contributed by atoms with van der Waals surface area (Å²) in [7, 11) is -1.07. The second-order valence-electron chi connectivity index (χ2n) is 17.1. The average Bonchev–Trinajstić information content (AvgIpc) is 4.16. The minimum absolute atomic E-state index is 0. The lowest BCUT2D eigenvalue weighted by Crippen LogP contribution is -2.59. The first-order valence-electron chi connectivity index (χ1n) is 22.8. The number of amides is 4. The zero-order valence-corrected chi connectivity index (χ0v) is 40.9. The molecule has 7 atom stereocenters. The number of carbonyl (C=O) groups excluding carboxylic acids is 4. The van der Waals surface area contributed by atoms with E-state index in [9.17, 15) is 27.6 Å². The lowest BCUT2D eigenvalue weighted by Gasteiger charge is -2.33. The molecule has 0 radical (unpaired) electrons. The van der Waals surface area contributed by atoms with E-state index >= 15 is 0 Å². The van der Waals surface area contributed by atoms with Crippen molar-refractivity contribution < 1.29 is 50.8 Å². The first-order valence-corrected chi connectivity index (χ1v) is 24.2. The van der Waals surface area contributed by atoms with Crippen LogP contribution in [-0.2, 0) is 29.1 Å². The molecule has 1 aromatic heterocycles. The molecule has 3 N–H and O–H groups in total. The van der Waals surface area contributed by atoms with Crippen LogP contribution in [0.15, 0.2) is 30.4 Å². The Labute approximate surface area is 379 Å². The Morgan fingerprint density at radius 3 is 2.25 bits per heavy atom. The molecule has 4 aliphatic rings. The third-order valence-corrected chi connectivity index (χ3v) is 13.9. The molecule has 1 aromatic carbocycles. The van der Waals surface area contributed by atoms with Gasteiger partial charge < -0.3 is 34.5 Å². The third kappa shape index (κ3) is 12.5. The molecular weight excluding hydrogens is 829 g/mol. The van der Waals surface area contributed by atoms with Crippen molar-refractivity contribution in [1.29, 1.82) is 0 Å². The highest BCUT2D eigenvalue weighted by atomic mass is 32.2. The number of methoxy groups -OCH3 is 2. The van der Waals surface area contributed by atoms with Crippen LogP contribution in [0.5, 0.6) is 17.6 Å². The summed E-state index contributed by atoms with van der Waals surface area (Å²) in [6.07, 6.45) is 5.68. The van der Waals surface area contributed by atoms with Crippen molar-refractivity contribution in [3.63, 3.8) is 0 Å². The molecule has 2 aliphatic heterocycles. The molecule has 0 bridgehead atoms. The smallest absolute Gasteiger partial charge is 0.408 e. The lowest BCUT2D eigenvalue weighted by molar-refractivity contribution is -0.142. The van der Waals surface area contributed by atoms with Crippen molar-refractivity contribution in [1.82, 2.24) is 30.2 Å². The molecule has 2 aliphatic carbocycles. The van der Waals surface area contributed by atoms with Crippen LogP contribution >= 0.6 is 0 Å². The molecule has 6 rings (SSSR count). The van der Waals surface area contributed by atoms with E-state index in [2.05, 4.69) is 32.2 Å². The number of nitrogens with one attached hydrogen (secondary N) is 3. The van der Waals surface area contributed by atoms with Crippen molar-refractivity contribution in [3.8, 4) is 17.6 Å². The predicted molar refractivity (Wildman–Crippen MR) is 250 cm³/mol. The van der Waals surface area contributed by atoms with E-state index in [4.69, 9.17) is 18.9 Å². The maximum absolute atomic E-state index is 14.8. The van der Waals surface area contributed by atoms with Crippen molar-refractivity contribution in [2.75, 3.05) is 20.8 Å². The van der Waals surface area contributed by atoms with Crippen LogP contribution in [0.4, 0.5) is 4.79 Å². The van der Waals surface area contributed by atoms with Crippen LogP contribution in [-0.4, -0.2) is 102 Å². The largest absolute Gasteiger partial charge is 0.497 e. The van der Waals surface area contributed by atoms with Gasteiger partial charge in [0.2, 0.25) is 27.7 Å². The van der Waals surface area contributed by atoms with Crippen LogP contribution < -0.4 is 29.6 Å². The van der Waals surface area contributed by atoms with Crippen LogP contribution in [0.3, 0.4) is 0 Å². The van der Waals surface area contributed by atoms with Gasteiger partial charge in [-0.3, -0.25) is 19.1 Å². The number of fused-ring (bicyclic) bond motifs is 3. The molecule has 360 valence electrons. The maximum atomic E-state index is 14.8. The summed E-state index contributed by atoms with van der Waals surface area (Å²) in [5, 5.41) is 6.25. The van der Waals surface area contributed by atoms with Gasteiger partial charge in [0.15, 0.2) is 0 Å². The first-order chi connectivity index (χ1) is 29.8. The van der Waals surface area contributed by atoms with Crippen LogP contribution in [0.2, 0.25) is 0 Å². The third-order valence-electron chi connectivity index (χ3n) is 11.6. The molecule has 3 fully saturated rings. The van der Waals surface area contributed by atoms with E-state index in [-0.39, 0.29) is 47.4 Å². The first kappa shape index (κ1) is 52.7. The van der Waals surface area contributed by atoms with E-state index in [0.717, 1.165) is 6.42 Å². The topological polar surface area (TPSA) is 204 Å². The molecule has 2 saturated carbocycles. The minimum atomic E-state index is -4.03. The van der Waals surface area contributed by atoms with E-state index in [1.54, 1.807) is 45.9 Å². The van der Waals surface area contributed by atoms with Crippen LogP contribution in [0.25, 0.3) is 10.9 Å². The second kappa shape index (κ2) is 22.3. The van der Waals surface area contributed by atoms with Crippen molar-refractivity contribution in [2.45, 2.75) is 169 Å². The number of aromatic nitrogens is 2. The van der Waals surface area contributed by atoms with Crippen molar-refractivity contribution >= 4 is 44.7 Å². The molecule has 63 heavy (non-hydrogen) atoms. The number of nitrogens with zero attached hydrogens (tertiary/aromatic N) is 3. The summed E-state index contributed by atoms with van der Waals surface area (Å²) in [4.78, 5) is 67.0. The number of hydrogen-bond acceptors (Lipinski definition) is 12. The van der Waals surface area contributed by atoms with Crippen LogP contribution in [0.1, 0.15) is 139 Å². The van der Waals surface area contributed by atoms with Gasteiger partial charge in [0.1, 0.15) is 35.1 Å². The van der Waals surface area contributed by atoms with Gasteiger partial charge in [0.25, 0.3) is 5.91 Å². The molecule has 17 heteroatoms. The molecule has 0 unspecified atom stereocenters. The Bertz CT molecular complexity index is 2050. The zero-order chi connectivity index (χ0) is 47.5. The van der Waals surface area contributed by atoms with Gasteiger partial charge in [-0.15, -0.1) is 0 Å². The molecule has 1 saturated heterocycles. The Balaban J connectivity index is 0.00000451. The molecule has 2 aromatic rings. The Kier molecular flexibility index (Phi) is 18.6. The zero-order valence-electron chi connectivity index (χ0n) is 40.0. The average molecular weight is 909 g/mol. The molecular formula is C46H80N6O10S. The van der Waals surface area contributed by atoms with Gasteiger partial charge >= 0.3 is 12.1 Å². The maximum Gasteiger partial charge on any atom is 0.408 e. The van der Waals surface area contributed by atoms with Gasteiger partial charge in [-0.2, -0.15) is 9.97 Å². The summed E-state index contributed by atoms with van der Waals surface area (Å²) in [6.45, 7) is 22.8. The fraction of sp³-hybridized carbons (Fsp3) is 0.696. The quantitative estimate of drug-likeness (QED) is 0.205. The van der Waals surface area contributed by atoms with Crippen LogP contribution in [0, 0.1) is 17.8 Å². The van der Waals surface area contributed by atoms with Gasteiger partial charge in [0.05, 0.1) is 36.4 Å². The molecule has 3 heterocycles. The number of hydrogen-bond donors (Lipinski definition) is 3. The van der Waals surface area contributed by atoms with Gasteiger partial charge in [0, 0.05) is 22.7 Å². The fourth-order valence-corrected chi connectivity index (χ4v) is 9.71. The number of allylic oxidation sites excluding steroid dienone is 1. The number of carbonyl (C=O) groups is 4. The fourth-order valence-electron chi connectivity index (χ4n) is 8.05. The number of alkyl carbamates (subject to hydrolysis) is 1. The summed E-state index contributed by atoms with van der Waals surface area (Å²) in [5.74, 6) is -1.98. The Morgan fingerprint density at radius 2 is 1.67 bits per heavy atom. The number of sulfonamides is 1. The molecule has 16 nitrogen and oxygen atoms in total. The summed E-state index contributed by atoms with van der Waals surface area (Å²) in [5.41, 5.74) is -1.91. The molecule has 4 amide bonds. The number of rotatable bonds is 9. The summed E-state index contributed by atoms with van der Waals surface area (Å²) < 4.78 is 50.9. The van der Waals surface area contributed by atoms with E-state index in [0.29, 0.717) is 48.8 Å². The van der Waals surface area contributed by atoms with Gasteiger partial charge in [-0.1, -0.05) is 74.5 Å².